The van der Waals surface area contributed by atoms with Crippen molar-refractivity contribution in [2.24, 2.45) is 0 Å². The van der Waals surface area contributed by atoms with Gasteiger partial charge in [0.15, 0.2) is 5.65 Å². The summed E-state index contributed by atoms with van der Waals surface area (Å²) in [6.07, 6.45) is 0.798. The van der Waals surface area contributed by atoms with Crippen molar-refractivity contribution < 1.29 is 14.3 Å². The Kier molecular flexibility index (Phi) is 5.37. The van der Waals surface area contributed by atoms with Crippen molar-refractivity contribution in [3.63, 3.8) is 0 Å². The maximum Gasteiger partial charge on any atom is 0.257 e. The second-order valence-corrected chi connectivity index (χ2v) is 7.33. The first-order valence-electron chi connectivity index (χ1n) is 10.1. The molecular weight excluding hydrogens is 394 g/mol. The highest BCUT2D eigenvalue weighted by Crippen LogP contribution is 2.34. The number of amides is 1. The van der Waals surface area contributed by atoms with Gasteiger partial charge in [-0.25, -0.2) is 9.97 Å². The largest absolute Gasteiger partial charge is 0.497 e. The lowest BCUT2D eigenvalue weighted by Crippen LogP contribution is -2.32. The fourth-order valence-corrected chi connectivity index (χ4v) is 3.47. The van der Waals surface area contributed by atoms with Gasteiger partial charge < -0.3 is 20.5 Å². The van der Waals surface area contributed by atoms with E-state index in [1.165, 1.54) is 0 Å². The molecule has 0 fully saturated rings. The number of ether oxygens (including phenoxy) is 2. The molecule has 8 heteroatoms. The summed E-state index contributed by atoms with van der Waals surface area (Å²) in [5.74, 6) is 1.15. The number of carbonyl (C=O) groups is 1. The number of nitrogens with zero attached hydrogens (tertiary/aromatic N) is 3. The topological polar surface area (TPSA) is 104 Å². The minimum Gasteiger partial charge on any atom is -0.497 e. The number of carbonyl (C=O) groups excluding carboxylic acids is 1. The van der Waals surface area contributed by atoms with E-state index in [9.17, 15) is 4.79 Å². The fraction of sp³-hybridized carbons (Fsp3) is 0.261. The van der Waals surface area contributed by atoms with Gasteiger partial charge >= 0.3 is 0 Å². The summed E-state index contributed by atoms with van der Waals surface area (Å²) in [6, 6.07) is 12.9. The van der Waals surface area contributed by atoms with E-state index in [2.05, 4.69) is 5.32 Å². The highest BCUT2D eigenvalue weighted by atomic mass is 16.5. The number of para-hydroxylation sites is 2. The van der Waals surface area contributed by atoms with Crippen LogP contribution in [0.3, 0.4) is 0 Å². The molecule has 0 saturated heterocycles. The van der Waals surface area contributed by atoms with Crippen molar-refractivity contribution in [2.45, 2.75) is 26.3 Å². The second kappa shape index (κ2) is 8.14. The Bertz CT molecular complexity index is 1260. The van der Waals surface area contributed by atoms with Gasteiger partial charge in [0.1, 0.15) is 28.4 Å². The van der Waals surface area contributed by atoms with Crippen LogP contribution in [0.4, 0.5) is 5.82 Å². The molecule has 4 aromatic rings. The molecule has 1 atom stereocenters. The molecule has 4 rings (SSSR count). The molecule has 2 aromatic heterocycles. The van der Waals surface area contributed by atoms with Crippen LogP contribution in [0.5, 0.6) is 11.5 Å². The molecule has 2 heterocycles. The van der Waals surface area contributed by atoms with Gasteiger partial charge in [-0.15, -0.1) is 0 Å². The summed E-state index contributed by atoms with van der Waals surface area (Å²) >= 11 is 0. The summed E-state index contributed by atoms with van der Waals surface area (Å²) in [7, 11) is 3.15. The molecule has 0 aliphatic heterocycles. The molecule has 0 spiro atoms. The Morgan fingerprint density at radius 1 is 1.10 bits per heavy atom. The third kappa shape index (κ3) is 3.61. The van der Waals surface area contributed by atoms with Crippen LogP contribution in [0.25, 0.3) is 27.9 Å². The number of nitrogens with two attached hydrogens (primary N) is 1. The zero-order valence-corrected chi connectivity index (χ0v) is 18.0. The Labute approximate surface area is 180 Å². The summed E-state index contributed by atoms with van der Waals surface area (Å²) in [5.41, 5.74) is 9.84. The highest BCUT2D eigenvalue weighted by molar-refractivity contribution is 6.11. The van der Waals surface area contributed by atoms with E-state index < -0.39 is 0 Å². The third-order valence-electron chi connectivity index (χ3n) is 5.31. The van der Waals surface area contributed by atoms with E-state index in [0.29, 0.717) is 44.9 Å². The molecule has 3 N–H and O–H groups in total. The van der Waals surface area contributed by atoms with Crippen LogP contribution in [0.2, 0.25) is 0 Å². The van der Waals surface area contributed by atoms with E-state index in [4.69, 9.17) is 25.2 Å². The molecule has 1 amide bonds. The maximum atomic E-state index is 13.2. The molecular formula is C23H25N5O3. The van der Waals surface area contributed by atoms with Crippen LogP contribution >= 0.6 is 0 Å². The molecule has 0 saturated carbocycles. The number of rotatable bonds is 6. The molecule has 31 heavy (non-hydrogen) atoms. The van der Waals surface area contributed by atoms with E-state index in [1.54, 1.807) is 24.9 Å². The number of methoxy groups -OCH3 is 2. The Hall–Kier alpha value is -3.81. The average Bonchev–Trinajstić information content (AvgIpc) is 3.07. The molecule has 1 unspecified atom stereocenters. The standard InChI is InChI=1S/C23H25N5O3/c1-5-13(2)25-23(29)19-20-22(27-18-9-7-6-8-17(18)26-20)28(21(19)24)14-10-15(30-3)12-16(11-14)31-4/h6-13H,5,24H2,1-4H3,(H,25,29). The van der Waals surface area contributed by atoms with Crippen LogP contribution in [-0.2, 0) is 0 Å². The van der Waals surface area contributed by atoms with Gasteiger partial charge in [-0.3, -0.25) is 9.36 Å². The number of aromatic nitrogens is 3. The van der Waals surface area contributed by atoms with Crippen LogP contribution in [0.1, 0.15) is 30.6 Å². The lowest BCUT2D eigenvalue weighted by molar-refractivity contribution is 0.0941. The summed E-state index contributed by atoms with van der Waals surface area (Å²) in [4.78, 5) is 22.7. The monoisotopic (exact) mass is 419 g/mol. The zero-order chi connectivity index (χ0) is 22.1. The number of benzene rings is 2. The zero-order valence-electron chi connectivity index (χ0n) is 18.0. The molecule has 0 bridgehead atoms. The quantitative estimate of drug-likeness (QED) is 0.494. The number of hydrogen-bond acceptors (Lipinski definition) is 6. The van der Waals surface area contributed by atoms with Crippen molar-refractivity contribution in [3.8, 4) is 17.2 Å². The van der Waals surface area contributed by atoms with E-state index >= 15 is 0 Å². The first-order valence-corrected chi connectivity index (χ1v) is 10.1. The summed E-state index contributed by atoms with van der Waals surface area (Å²) < 4.78 is 12.5. The predicted molar refractivity (Wildman–Crippen MR) is 121 cm³/mol. The first-order chi connectivity index (χ1) is 15.0. The van der Waals surface area contributed by atoms with Crippen molar-refractivity contribution in [3.05, 3.63) is 48.0 Å². The number of fused-ring (bicyclic) bond motifs is 2. The number of hydrogen-bond donors (Lipinski definition) is 2. The maximum absolute atomic E-state index is 13.2. The normalized spacial score (nSPS) is 12.1. The molecule has 0 aliphatic carbocycles. The SMILES string of the molecule is CCC(C)NC(=O)c1c(N)n(-c2cc(OC)cc(OC)c2)c2nc3ccccc3nc12. The van der Waals surface area contributed by atoms with E-state index in [-0.39, 0.29) is 17.8 Å². The molecule has 0 aliphatic rings. The van der Waals surface area contributed by atoms with Crippen molar-refractivity contribution in [1.82, 2.24) is 19.9 Å². The van der Waals surface area contributed by atoms with Crippen LogP contribution in [0, 0.1) is 0 Å². The lowest BCUT2D eigenvalue weighted by Gasteiger charge is -2.13. The predicted octanol–water partition coefficient (Wildman–Crippen LogP) is 3.70. The van der Waals surface area contributed by atoms with Crippen molar-refractivity contribution in [1.29, 1.82) is 0 Å². The minimum atomic E-state index is -0.282. The second-order valence-electron chi connectivity index (χ2n) is 7.33. The lowest BCUT2D eigenvalue weighted by atomic mass is 10.2. The average molecular weight is 419 g/mol. The van der Waals surface area contributed by atoms with Gasteiger partial charge in [0.25, 0.3) is 5.91 Å². The van der Waals surface area contributed by atoms with Gasteiger partial charge in [-0.1, -0.05) is 19.1 Å². The summed E-state index contributed by atoms with van der Waals surface area (Å²) in [6.45, 7) is 3.95. The van der Waals surface area contributed by atoms with Crippen molar-refractivity contribution >= 4 is 33.9 Å². The van der Waals surface area contributed by atoms with E-state index in [0.717, 1.165) is 6.42 Å². The molecule has 160 valence electrons. The highest BCUT2D eigenvalue weighted by Gasteiger charge is 2.26. The Morgan fingerprint density at radius 2 is 1.71 bits per heavy atom. The first kappa shape index (κ1) is 20.5. The Morgan fingerprint density at radius 3 is 2.29 bits per heavy atom. The molecule has 8 nitrogen and oxygen atoms in total. The molecule has 2 aromatic carbocycles. The molecule has 0 radical (unpaired) electrons. The number of nitrogens with one attached hydrogen (secondary N) is 1. The minimum absolute atomic E-state index is 0.00405. The van der Waals surface area contributed by atoms with Gasteiger partial charge in [0, 0.05) is 24.2 Å². The van der Waals surface area contributed by atoms with Gasteiger partial charge in [-0.2, -0.15) is 0 Å². The van der Waals surface area contributed by atoms with Gasteiger partial charge in [0.05, 0.1) is 30.9 Å². The fourth-order valence-electron chi connectivity index (χ4n) is 3.47. The third-order valence-corrected chi connectivity index (χ3v) is 5.31. The van der Waals surface area contributed by atoms with E-state index in [1.807, 2.05) is 50.2 Å². The van der Waals surface area contributed by atoms with Gasteiger partial charge in [-0.05, 0) is 25.5 Å². The van der Waals surface area contributed by atoms with Crippen molar-refractivity contribution in [2.75, 3.05) is 20.0 Å². The summed E-state index contributed by atoms with van der Waals surface area (Å²) in [5, 5.41) is 2.99. The van der Waals surface area contributed by atoms with Crippen LogP contribution in [0.15, 0.2) is 42.5 Å². The van der Waals surface area contributed by atoms with Crippen LogP contribution in [-0.4, -0.2) is 40.7 Å². The Balaban J connectivity index is 2.04. The smallest absolute Gasteiger partial charge is 0.257 e. The van der Waals surface area contributed by atoms with Gasteiger partial charge in [0.2, 0.25) is 0 Å². The van der Waals surface area contributed by atoms with Crippen LogP contribution < -0.4 is 20.5 Å². The number of nitrogen functional groups attached to an aromatic ring is 1. The number of anilines is 1.